The van der Waals surface area contributed by atoms with E-state index in [0.29, 0.717) is 17.6 Å². The minimum Gasteiger partial charge on any atom is -0.466 e. The Morgan fingerprint density at radius 1 is 1.03 bits per heavy atom. The lowest BCUT2D eigenvalue weighted by molar-refractivity contribution is -0.136. The first kappa shape index (κ1) is 21.9. The van der Waals surface area contributed by atoms with Gasteiger partial charge in [0, 0.05) is 49.1 Å². The summed E-state index contributed by atoms with van der Waals surface area (Å²) in [5, 5.41) is 3.39. The second kappa shape index (κ2) is 8.65. The molecule has 0 saturated carbocycles. The van der Waals surface area contributed by atoms with E-state index in [1.165, 1.54) is 7.11 Å². The minimum absolute atomic E-state index is 0.0857. The molecule has 0 bridgehead atoms. The van der Waals surface area contributed by atoms with Crippen LogP contribution in [0.5, 0.6) is 0 Å². The summed E-state index contributed by atoms with van der Waals surface area (Å²) in [4.78, 5) is 28.4. The van der Waals surface area contributed by atoms with Gasteiger partial charge in [-0.15, -0.1) is 0 Å². The number of benzene rings is 2. The number of nitrogens with zero attached hydrogens (tertiary/aromatic N) is 1. The molecule has 5 heteroatoms. The molecule has 2 unspecified atom stereocenters. The highest BCUT2D eigenvalue weighted by Gasteiger charge is 2.41. The fourth-order valence-electron chi connectivity index (χ4n) is 4.92. The van der Waals surface area contributed by atoms with Crippen LogP contribution in [0.1, 0.15) is 48.3 Å². The number of hydrogen-bond acceptors (Lipinski definition) is 5. The number of rotatable bonds is 4. The monoisotopic (exact) mass is 430 g/mol. The zero-order valence-electron chi connectivity index (χ0n) is 19.4. The maximum atomic E-state index is 13.6. The van der Waals surface area contributed by atoms with Crippen LogP contribution in [0.2, 0.25) is 0 Å². The molecule has 32 heavy (non-hydrogen) atoms. The van der Waals surface area contributed by atoms with Crippen LogP contribution in [0.4, 0.5) is 5.69 Å². The molecular formula is C27H30N2O3. The van der Waals surface area contributed by atoms with Crippen LogP contribution >= 0.6 is 0 Å². The van der Waals surface area contributed by atoms with Gasteiger partial charge >= 0.3 is 5.97 Å². The van der Waals surface area contributed by atoms with Crippen LogP contribution in [0.25, 0.3) is 0 Å². The number of Topliss-reactive ketones (excluding diaryl/α,β-unsaturated/α-hetero) is 1. The number of allylic oxidation sites excluding steroid dienone is 3. The molecule has 0 spiro atoms. The van der Waals surface area contributed by atoms with E-state index in [1.807, 2.05) is 52.2 Å². The van der Waals surface area contributed by atoms with Crippen molar-refractivity contribution < 1.29 is 14.3 Å². The summed E-state index contributed by atoms with van der Waals surface area (Å²) in [6.45, 7) is 3.91. The van der Waals surface area contributed by atoms with Crippen molar-refractivity contribution in [3.8, 4) is 0 Å². The molecular weight excluding hydrogens is 400 g/mol. The number of esters is 1. The minimum atomic E-state index is -0.413. The predicted molar refractivity (Wildman–Crippen MR) is 127 cm³/mol. The number of carbonyl (C=O) groups excluding carboxylic acids is 2. The van der Waals surface area contributed by atoms with Crippen LogP contribution in [0.15, 0.2) is 71.1 Å². The third-order valence-corrected chi connectivity index (χ3v) is 6.61. The van der Waals surface area contributed by atoms with Crippen molar-refractivity contribution in [1.82, 2.24) is 5.32 Å². The maximum absolute atomic E-state index is 13.6. The third-order valence-electron chi connectivity index (χ3n) is 6.61. The zero-order valence-corrected chi connectivity index (χ0v) is 19.4. The van der Waals surface area contributed by atoms with Crippen LogP contribution in [0.3, 0.4) is 0 Å². The lowest BCUT2D eigenvalue weighted by Gasteiger charge is -2.37. The smallest absolute Gasteiger partial charge is 0.336 e. The normalized spacial score (nSPS) is 20.6. The van der Waals surface area contributed by atoms with E-state index < -0.39 is 11.9 Å². The first-order valence-corrected chi connectivity index (χ1v) is 11.0. The molecule has 1 N–H and O–H groups in total. The molecule has 4 rings (SSSR count). The van der Waals surface area contributed by atoms with E-state index in [4.69, 9.17) is 4.74 Å². The molecule has 0 aromatic heterocycles. The van der Waals surface area contributed by atoms with Gasteiger partial charge in [0.1, 0.15) is 0 Å². The van der Waals surface area contributed by atoms with Crippen molar-refractivity contribution in [3.05, 3.63) is 87.8 Å². The number of anilines is 1. The van der Waals surface area contributed by atoms with Gasteiger partial charge in [0.25, 0.3) is 0 Å². The van der Waals surface area contributed by atoms with Gasteiger partial charge in [-0.2, -0.15) is 0 Å². The van der Waals surface area contributed by atoms with Crippen molar-refractivity contribution in [3.63, 3.8) is 0 Å². The van der Waals surface area contributed by atoms with Gasteiger partial charge in [-0.25, -0.2) is 4.79 Å². The predicted octanol–water partition coefficient (Wildman–Crippen LogP) is 4.60. The van der Waals surface area contributed by atoms with Crippen molar-refractivity contribution >= 4 is 17.4 Å². The van der Waals surface area contributed by atoms with Crippen LogP contribution < -0.4 is 10.2 Å². The molecule has 2 aromatic carbocycles. The average molecular weight is 431 g/mol. The van der Waals surface area contributed by atoms with Crippen LogP contribution in [-0.4, -0.2) is 33.0 Å². The Labute approximate surface area is 189 Å². The summed E-state index contributed by atoms with van der Waals surface area (Å²) in [6, 6.07) is 16.4. The van der Waals surface area contributed by atoms with Gasteiger partial charge < -0.3 is 15.0 Å². The number of ketones is 1. The molecule has 2 atom stereocenters. The van der Waals surface area contributed by atoms with Crippen molar-refractivity contribution in [2.75, 3.05) is 26.1 Å². The van der Waals surface area contributed by atoms with Crippen molar-refractivity contribution in [2.45, 2.75) is 38.5 Å². The van der Waals surface area contributed by atoms with Gasteiger partial charge in [-0.05, 0) is 55.0 Å². The fraction of sp³-hybridized carbons (Fsp3) is 0.333. The summed E-state index contributed by atoms with van der Waals surface area (Å²) in [5.41, 5.74) is 7.20. The molecule has 0 radical (unpaired) electrons. The first-order chi connectivity index (χ1) is 15.3. The van der Waals surface area contributed by atoms with E-state index >= 15 is 0 Å². The Morgan fingerprint density at radius 2 is 1.72 bits per heavy atom. The number of carbonyl (C=O) groups is 2. The molecule has 1 heterocycles. The van der Waals surface area contributed by atoms with E-state index in [1.54, 1.807) is 0 Å². The van der Waals surface area contributed by atoms with Crippen LogP contribution in [0, 0.1) is 6.92 Å². The maximum Gasteiger partial charge on any atom is 0.336 e. The summed E-state index contributed by atoms with van der Waals surface area (Å²) in [7, 11) is 5.42. The molecule has 0 saturated heterocycles. The lowest BCUT2D eigenvalue weighted by Crippen LogP contribution is -2.36. The Bertz CT molecular complexity index is 1130. The van der Waals surface area contributed by atoms with Gasteiger partial charge in [-0.1, -0.05) is 36.4 Å². The molecule has 1 aliphatic heterocycles. The first-order valence-electron chi connectivity index (χ1n) is 11.0. The van der Waals surface area contributed by atoms with Crippen molar-refractivity contribution in [1.29, 1.82) is 0 Å². The Hall–Kier alpha value is -3.34. The lowest BCUT2D eigenvalue weighted by atomic mass is 9.71. The highest BCUT2D eigenvalue weighted by Crippen LogP contribution is 2.46. The summed E-state index contributed by atoms with van der Waals surface area (Å²) >= 11 is 0. The molecule has 1 aliphatic carbocycles. The molecule has 0 fully saturated rings. The van der Waals surface area contributed by atoms with Gasteiger partial charge in [0.05, 0.1) is 12.7 Å². The number of dihydropyridines is 1. The van der Waals surface area contributed by atoms with E-state index in [2.05, 4.69) is 34.5 Å². The number of nitrogens with one attached hydrogen (secondary N) is 1. The number of aryl methyl sites for hydroxylation is 1. The van der Waals surface area contributed by atoms with Crippen molar-refractivity contribution in [2.24, 2.45) is 0 Å². The quantitative estimate of drug-likeness (QED) is 0.719. The number of ether oxygens (including phenoxy) is 1. The topological polar surface area (TPSA) is 58.6 Å². The zero-order chi connectivity index (χ0) is 23.0. The largest absolute Gasteiger partial charge is 0.466 e. The van der Waals surface area contributed by atoms with E-state index in [9.17, 15) is 9.59 Å². The molecule has 166 valence electrons. The highest BCUT2D eigenvalue weighted by molar-refractivity contribution is 6.04. The standard InChI is InChI=1S/C27H30N2O3/c1-16-8-6-7-9-21(16)25-24(27(31)32-5)17(2)28-22-14-19(15-23(30)26(22)25)18-10-12-20(13-11-18)29(3)4/h6-13,19,25,28H,14-15H2,1-5H3. The van der Waals surface area contributed by atoms with E-state index in [0.717, 1.165) is 40.2 Å². The Kier molecular flexibility index (Phi) is 5.92. The highest BCUT2D eigenvalue weighted by atomic mass is 16.5. The van der Waals surface area contributed by atoms with Crippen LogP contribution in [-0.2, 0) is 14.3 Å². The summed E-state index contributed by atoms with van der Waals surface area (Å²) in [6.07, 6.45) is 1.16. The second-order valence-corrected chi connectivity index (χ2v) is 8.85. The SMILES string of the molecule is COC(=O)C1=C(C)NC2=C(C(=O)CC(c3ccc(N(C)C)cc3)C2)C1c1ccccc1C. The number of hydrogen-bond donors (Lipinski definition) is 1. The van der Waals surface area contributed by atoms with E-state index in [-0.39, 0.29) is 11.7 Å². The fourth-order valence-corrected chi connectivity index (χ4v) is 4.92. The Morgan fingerprint density at radius 3 is 2.34 bits per heavy atom. The number of methoxy groups -OCH3 is 1. The van der Waals surface area contributed by atoms with Gasteiger partial charge in [0.2, 0.25) is 0 Å². The second-order valence-electron chi connectivity index (χ2n) is 8.85. The summed E-state index contributed by atoms with van der Waals surface area (Å²) < 4.78 is 5.11. The Balaban J connectivity index is 1.77. The summed E-state index contributed by atoms with van der Waals surface area (Å²) in [5.74, 6) is -0.619. The third kappa shape index (κ3) is 3.83. The van der Waals surface area contributed by atoms with Gasteiger partial charge in [0.15, 0.2) is 5.78 Å². The van der Waals surface area contributed by atoms with Gasteiger partial charge in [-0.3, -0.25) is 4.79 Å². The average Bonchev–Trinajstić information content (AvgIpc) is 2.78. The molecule has 0 amide bonds. The molecule has 5 nitrogen and oxygen atoms in total. The molecule has 2 aromatic rings. The molecule has 2 aliphatic rings.